The molecule has 0 spiro atoms. The molecule has 1 N–H and O–H groups in total. The molecule has 3 rings (SSSR count). The number of rotatable bonds is 2. The average molecular weight is 372 g/mol. The molecule has 0 saturated carbocycles. The minimum absolute atomic E-state index is 0.615. The number of esters is 1. The fraction of sp³-hybridized carbons (Fsp3) is 0.688. The van der Waals surface area contributed by atoms with Gasteiger partial charge in [0, 0.05) is 12.3 Å². The Morgan fingerprint density at radius 2 is 1.92 bits per heavy atom. The molecule has 2 saturated heterocycles. The second kappa shape index (κ2) is 5.73. The van der Waals surface area contributed by atoms with Crippen LogP contribution >= 0.6 is 0 Å². The second-order valence-electron chi connectivity index (χ2n) is 7.77. The van der Waals surface area contributed by atoms with Crippen molar-refractivity contribution in [1.29, 1.82) is 0 Å². The molecule has 4 unspecified atom stereocenters. The Kier molecular flexibility index (Phi) is 4.13. The number of halogens is 1. The number of nitrogens with zero attached hydrogens (tertiary/aromatic N) is 1. The molecule has 2 fully saturated rings. The minimum atomic E-state index is -2.96. The van der Waals surface area contributed by atoms with Crippen molar-refractivity contribution in [2.75, 3.05) is 0 Å². The van der Waals surface area contributed by atoms with Crippen molar-refractivity contribution in [1.82, 2.24) is 9.55 Å². The number of carbonyl (C=O) groups is 1. The van der Waals surface area contributed by atoms with Crippen molar-refractivity contribution >= 4 is 5.97 Å². The molecule has 0 aromatic carbocycles. The predicted molar refractivity (Wildman–Crippen MR) is 84.7 cm³/mol. The van der Waals surface area contributed by atoms with Crippen LogP contribution in [-0.2, 0) is 23.7 Å². The van der Waals surface area contributed by atoms with Crippen LogP contribution in [0.3, 0.4) is 0 Å². The molecule has 2 aliphatic rings. The van der Waals surface area contributed by atoms with Gasteiger partial charge in [-0.25, -0.2) is 4.79 Å². The van der Waals surface area contributed by atoms with Gasteiger partial charge >= 0.3 is 17.7 Å². The molecule has 4 atom stereocenters. The number of aromatic amines is 1. The Bertz CT molecular complexity index is 840. The van der Waals surface area contributed by atoms with Crippen LogP contribution in [0, 0.1) is 5.41 Å². The number of nitrogens with one attached hydrogen (secondary N) is 1. The van der Waals surface area contributed by atoms with Crippen LogP contribution in [0.2, 0.25) is 0 Å². The summed E-state index contributed by atoms with van der Waals surface area (Å²) in [5, 5.41) is 0. The van der Waals surface area contributed by atoms with Gasteiger partial charge in [-0.3, -0.25) is 23.9 Å². The van der Waals surface area contributed by atoms with Crippen molar-refractivity contribution < 1.29 is 28.1 Å². The van der Waals surface area contributed by atoms with Crippen molar-refractivity contribution in [2.45, 2.75) is 64.9 Å². The summed E-state index contributed by atoms with van der Waals surface area (Å²) in [5.41, 5.74) is -2.42. The molecule has 144 valence electrons. The van der Waals surface area contributed by atoms with E-state index in [1.54, 1.807) is 34.6 Å². The maximum Gasteiger partial charge on any atom is 0.397 e. The van der Waals surface area contributed by atoms with Gasteiger partial charge in [0.1, 0.15) is 6.10 Å². The van der Waals surface area contributed by atoms with E-state index in [-0.39, 0.29) is 0 Å². The number of hydrogen-bond acceptors (Lipinski definition) is 7. The Hall–Kier alpha value is -2.04. The van der Waals surface area contributed by atoms with Crippen LogP contribution in [0.1, 0.15) is 40.8 Å². The first-order valence-electron chi connectivity index (χ1n) is 8.10. The third kappa shape index (κ3) is 3.19. The third-order valence-corrected chi connectivity index (χ3v) is 4.00. The Labute approximate surface area is 148 Å². The number of ether oxygens (including phenoxy) is 4. The molecule has 9 nitrogen and oxygen atoms in total. The fourth-order valence-electron chi connectivity index (χ4n) is 2.77. The van der Waals surface area contributed by atoms with Gasteiger partial charge in [0.2, 0.25) is 0 Å². The topological polar surface area (TPSA) is 109 Å². The van der Waals surface area contributed by atoms with E-state index in [1.165, 1.54) is 0 Å². The van der Waals surface area contributed by atoms with Gasteiger partial charge in [0.25, 0.3) is 5.56 Å². The number of alkyl halides is 1. The molecular formula is C16H21FN2O7. The summed E-state index contributed by atoms with van der Waals surface area (Å²) in [4.78, 5) is 37.6. The van der Waals surface area contributed by atoms with Crippen LogP contribution in [0.25, 0.3) is 0 Å². The largest absolute Gasteiger partial charge is 0.402 e. The molecule has 26 heavy (non-hydrogen) atoms. The average Bonchev–Trinajstić information content (AvgIpc) is 2.92. The second-order valence-corrected chi connectivity index (χ2v) is 7.77. The van der Waals surface area contributed by atoms with Gasteiger partial charge < -0.3 is 14.2 Å². The number of aromatic nitrogens is 2. The van der Waals surface area contributed by atoms with E-state index < -0.39 is 52.9 Å². The molecule has 0 amide bonds. The Balaban J connectivity index is 1.99. The minimum Gasteiger partial charge on any atom is -0.402 e. The van der Waals surface area contributed by atoms with E-state index >= 15 is 4.39 Å². The maximum atomic E-state index is 15.5. The quantitative estimate of drug-likeness (QED) is 0.765. The lowest BCUT2D eigenvalue weighted by molar-refractivity contribution is -0.348. The highest BCUT2D eigenvalue weighted by atomic mass is 19.2. The first-order chi connectivity index (χ1) is 11.8. The van der Waals surface area contributed by atoms with Crippen molar-refractivity contribution in [3.8, 4) is 0 Å². The summed E-state index contributed by atoms with van der Waals surface area (Å²) in [5.74, 6) is -2.03. The summed E-state index contributed by atoms with van der Waals surface area (Å²) < 4.78 is 37.9. The summed E-state index contributed by atoms with van der Waals surface area (Å²) >= 11 is 0. The fourth-order valence-corrected chi connectivity index (χ4v) is 2.77. The zero-order valence-electron chi connectivity index (χ0n) is 15.1. The van der Waals surface area contributed by atoms with Crippen molar-refractivity contribution in [2.24, 2.45) is 5.41 Å². The van der Waals surface area contributed by atoms with Gasteiger partial charge in [-0.05, 0) is 34.6 Å². The van der Waals surface area contributed by atoms with Crippen molar-refractivity contribution in [3.63, 3.8) is 0 Å². The molecule has 0 aliphatic carbocycles. The zero-order valence-corrected chi connectivity index (χ0v) is 15.1. The van der Waals surface area contributed by atoms with Gasteiger partial charge in [0.15, 0.2) is 18.1 Å². The standard InChI is InChI=1S/C16H21FN2O7/c1-14(2,3)12(21)26-16(17)10-9(23-15(4,5)24-10)11(25-16)19-7-6-8(20)18-13(19)22/h6-7,9-11H,1-5H3,(H,18,20,22). The third-order valence-electron chi connectivity index (χ3n) is 4.00. The van der Waals surface area contributed by atoms with Crippen molar-refractivity contribution in [3.05, 3.63) is 33.1 Å². The lowest BCUT2D eigenvalue weighted by Gasteiger charge is -2.29. The zero-order chi connectivity index (χ0) is 19.5. The van der Waals surface area contributed by atoms with Gasteiger partial charge in [-0.1, -0.05) is 0 Å². The number of carbonyl (C=O) groups excluding carboxylic acids is 1. The highest BCUT2D eigenvalue weighted by Gasteiger charge is 2.67. The number of hydrogen-bond donors (Lipinski definition) is 1. The lowest BCUT2D eigenvalue weighted by Crippen LogP contribution is -2.45. The summed E-state index contributed by atoms with van der Waals surface area (Å²) in [7, 11) is 0. The smallest absolute Gasteiger partial charge is 0.397 e. The molecule has 0 bridgehead atoms. The first-order valence-corrected chi connectivity index (χ1v) is 8.10. The summed E-state index contributed by atoms with van der Waals surface area (Å²) in [6.45, 7) is 7.80. The summed E-state index contributed by atoms with van der Waals surface area (Å²) in [6, 6.07) is -1.87. The van der Waals surface area contributed by atoms with E-state index in [0.717, 1.165) is 16.8 Å². The predicted octanol–water partition coefficient (Wildman–Crippen LogP) is 0.798. The normalized spacial score (nSPS) is 33.1. The van der Waals surface area contributed by atoms with Gasteiger partial charge in [-0.15, -0.1) is 0 Å². The molecule has 10 heteroatoms. The molecule has 1 aromatic rings. The van der Waals surface area contributed by atoms with Crippen LogP contribution in [0.5, 0.6) is 0 Å². The molecule has 1 aromatic heterocycles. The highest BCUT2D eigenvalue weighted by molar-refractivity contribution is 5.75. The molecule has 3 heterocycles. The highest BCUT2D eigenvalue weighted by Crippen LogP contribution is 2.49. The molecule has 2 aliphatic heterocycles. The lowest BCUT2D eigenvalue weighted by atomic mass is 9.97. The van der Waals surface area contributed by atoms with E-state index in [1.807, 2.05) is 0 Å². The van der Waals surface area contributed by atoms with Crippen LogP contribution < -0.4 is 11.2 Å². The number of fused-ring (bicyclic) bond motifs is 1. The van der Waals surface area contributed by atoms with E-state index in [2.05, 4.69) is 4.98 Å². The van der Waals surface area contributed by atoms with Gasteiger partial charge in [-0.2, -0.15) is 4.39 Å². The Morgan fingerprint density at radius 1 is 1.27 bits per heavy atom. The van der Waals surface area contributed by atoms with Crippen LogP contribution in [-0.4, -0.2) is 39.6 Å². The van der Waals surface area contributed by atoms with Crippen LogP contribution in [0.15, 0.2) is 21.9 Å². The SMILES string of the molecule is CC1(C)OC2C(n3ccc(=O)[nH]c3=O)OC(F)(OC(=O)C(C)(C)C)C2O1. The monoisotopic (exact) mass is 372 g/mol. The molecule has 0 radical (unpaired) electrons. The number of H-pyrrole nitrogens is 1. The van der Waals surface area contributed by atoms with E-state index in [4.69, 9.17) is 18.9 Å². The Morgan fingerprint density at radius 3 is 2.50 bits per heavy atom. The van der Waals surface area contributed by atoms with Crippen LogP contribution in [0.4, 0.5) is 4.39 Å². The van der Waals surface area contributed by atoms with E-state index in [0.29, 0.717) is 0 Å². The van der Waals surface area contributed by atoms with E-state index in [9.17, 15) is 14.4 Å². The summed E-state index contributed by atoms with van der Waals surface area (Å²) in [6.07, 6.45) is -2.64. The van der Waals surface area contributed by atoms with Gasteiger partial charge in [0.05, 0.1) is 5.41 Å². The molecular weight excluding hydrogens is 351 g/mol. The first kappa shape index (κ1) is 18.7. The maximum absolute atomic E-state index is 15.5.